The van der Waals surface area contributed by atoms with Crippen molar-refractivity contribution in [1.82, 2.24) is 9.88 Å². The minimum Gasteiger partial charge on any atom is -0.497 e. The van der Waals surface area contributed by atoms with E-state index in [4.69, 9.17) is 14.2 Å². The third-order valence-electron chi connectivity index (χ3n) is 4.83. The van der Waals surface area contributed by atoms with Crippen molar-refractivity contribution < 1.29 is 23.4 Å². The zero-order valence-corrected chi connectivity index (χ0v) is 16.8. The van der Waals surface area contributed by atoms with Crippen LogP contribution in [0.1, 0.15) is 12.8 Å². The minimum atomic E-state index is -0.471. The predicted octanol–water partition coefficient (Wildman–Crippen LogP) is 3.89. The van der Waals surface area contributed by atoms with Gasteiger partial charge in [0.1, 0.15) is 11.9 Å². The summed E-state index contributed by atoms with van der Waals surface area (Å²) < 4.78 is 31.2. The number of fused-ring (bicyclic) bond motifs is 1. The fourth-order valence-corrected chi connectivity index (χ4v) is 4.08. The first-order chi connectivity index (χ1) is 14.1. The Balaban J connectivity index is 1.28. The zero-order valence-electron chi connectivity index (χ0n) is 16.0. The lowest BCUT2D eigenvalue weighted by Crippen LogP contribution is -2.43. The molecule has 0 spiro atoms. The molecule has 6 nitrogen and oxygen atoms in total. The number of amides is 1. The van der Waals surface area contributed by atoms with Gasteiger partial charge in [-0.05, 0) is 24.3 Å². The normalized spacial score (nSPS) is 14.8. The molecular formula is C21H21FN2O4S. The Morgan fingerprint density at radius 1 is 1.24 bits per heavy atom. The van der Waals surface area contributed by atoms with Gasteiger partial charge in [0.2, 0.25) is 0 Å². The summed E-state index contributed by atoms with van der Waals surface area (Å²) in [6.07, 6.45) is 1.43. The van der Waals surface area contributed by atoms with E-state index in [9.17, 15) is 9.18 Å². The molecule has 2 heterocycles. The molecule has 1 aliphatic rings. The van der Waals surface area contributed by atoms with E-state index in [-0.39, 0.29) is 24.4 Å². The number of nitrogens with zero attached hydrogens (tertiary/aromatic N) is 2. The number of thiazole rings is 1. The summed E-state index contributed by atoms with van der Waals surface area (Å²) in [6, 6.07) is 11.8. The second kappa shape index (κ2) is 8.65. The molecule has 4 rings (SSSR count). The van der Waals surface area contributed by atoms with Crippen LogP contribution in [0.4, 0.5) is 4.39 Å². The monoisotopic (exact) mass is 416 g/mol. The first kappa shape index (κ1) is 19.4. The van der Waals surface area contributed by atoms with E-state index in [1.54, 1.807) is 24.1 Å². The SMILES string of the molecule is COc1ccc2sc(OC3CCN(C(=O)COc4ccccc4F)CC3)nc2c1. The van der Waals surface area contributed by atoms with E-state index in [1.807, 2.05) is 18.2 Å². The van der Waals surface area contributed by atoms with Crippen LogP contribution in [0.3, 0.4) is 0 Å². The highest BCUT2D eigenvalue weighted by Gasteiger charge is 2.25. The number of methoxy groups -OCH3 is 1. The molecule has 0 bridgehead atoms. The molecule has 0 unspecified atom stereocenters. The molecule has 0 saturated carbocycles. The first-order valence-electron chi connectivity index (χ1n) is 9.39. The summed E-state index contributed by atoms with van der Waals surface area (Å²) in [6.45, 7) is 0.970. The highest BCUT2D eigenvalue weighted by atomic mass is 32.1. The number of piperidine rings is 1. The van der Waals surface area contributed by atoms with E-state index >= 15 is 0 Å². The average molecular weight is 416 g/mol. The minimum absolute atomic E-state index is 0.00833. The molecule has 1 saturated heterocycles. The van der Waals surface area contributed by atoms with Gasteiger partial charge >= 0.3 is 0 Å². The smallest absolute Gasteiger partial charge is 0.274 e. The Hall–Kier alpha value is -2.87. The van der Waals surface area contributed by atoms with Gasteiger partial charge in [-0.3, -0.25) is 4.79 Å². The molecule has 1 amide bonds. The number of halogens is 1. The van der Waals surface area contributed by atoms with Crippen LogP contribution in [-0.4, -0.2) is 48.7 Å². The fourth-order valence-electron chi connectivity index (χ4n) is 3.22. The molecule has 0 atom stereocenters. The molecule has 1 fully saturated rings. The Morgan fingerprint density at radius 3 is 2.79 bits per heavy atom. The number of ether oxygens (including phenoxy) is 3. The van der Waals surface area contributed by atoms with Crippen molar-refractivity contribution in [2.24, 2.45) is 0 Å². The van der Waals surface area contributed by atoms with E-state index in [2.05, 4.69) is 4.98 Å². The number of hydrogen-bond acceptors (Lipinski definition) is 6. The van der Waals surface area contributed by atoms with Gasteiger partial charge in [-0.15, -0.1) is 0 Å². The van der Waals surface area contributed by atoms with Crippen molar-refractivity contribution >= 4 is 27.5 Å². The first-order valence-corrected chi connectivity index (χ1v) is 10.2. The predicted molar refractivity (Wildman–Crippen MR) is 108 cm³/mol. The van der Waals surface area contributed by atoms with Crippen molar-refractivity contribution in [1.29, 1.82) is 0 Å². The van der Waals surface area contributed by atoms with Crippen LogP contribution in [0.5, 0.6) is 16.7 Å². The summed E-state index contributed by atoms with van der Waals surface area (Å²) in [5.74, 6) is 0.227. The maximum atomic E-state index is 13.6. The molecule has 0 radical (unpaired) electrons. The van der Waals surface area contributed by atoms with E-state index in [0.29, 0.717) is 31.1 Å². The Morgan fingerprint density at radius 2 is 2.03 bits per heavy atom. The number of benzene rings is 2. The Labute approximate surface area is 171 Å². The highest BCUT2D eigenvalue weighted by molar-refractivity contribution is 7.20. The van der Waals surface area contributed by atoms with Gasteiger partial charge in [-0.2, -0.15) is 0 Å². The van der Waals surface area contributed by atoms with E-state index in [0.717, 1.165) is 16.0 Å². The van der Waals surface area contributed by atoms with Crippen LogP contribution in [-0.2, 0) is 4.79 Å². The lowest BCUT2D eigenvalue weighted by molar-refractivity contribution is -0.135. The van der Waals surface area contributed by atoms with Crippen molar-refractivity contribution in [3.8, 4) is 16.7 Å². The van der Waals surface area contributed by atoms with Gasteiger partial charge in [-0.1, -0.05) is 23.5 Å². The molecule has 0 aliphatic carbocycles. The van der Waals surface area contributed by atoms with Crippen molar-refractivity contribution in [2.75, 3.05) is 26.8 Å². The number of likely N-dealkylation sites (tertiary alicyclic amines) is 1. The number of hydrogen-bond donors (Lipinski definition) is 0. The van der Waals surface area contributed by atoms with Crippen LogP contribution in [0.2, 0.25) is 0 Å². The van der Waals surface area contributed by atoms with Gasteiger partial charge in [0.15, 0.2) is 18.2 Å². The van der Waals surface area contributed by atoms with Crippen LogP contribution in [0.15, 0.2) is 42.5 Å². The van der Waals surface area contributed by atoms with Crippen LogP contribution >= 0.6 is 11.3 Å². The van der Waals surface area contributed by atoms with Crippen LogP contribution < -0.4 is 14.2 Å². The summed E-state index contributed by atoms with van der Waals surface area (Å²) in [4.78, 5) is 18.6. The molecule has 8 heteroatoms. The van der Waals surface area contributed by atoms with Crippen LogP contribution in [0, 0.1) is 5.82 Å². The summed E-state index contributed by atoms with van der Waals surface area (Å²) in [7, 11) is 1.63. The molecule has 29 heavy (non-hydrogen) atoms. The second-order valence-corrected chi connectivity index (χ2v) is 7.72. The maximum absolute atomic E-state index is 13.6. The van der Waals surface area contributed by atoms with Gasteiger partial charge in [0.05, 0.1) is 17.3 Å². The quantitative estimate of drug-likeness (QED) is 0.610. The highest BCUT2D eigenvalue weighted by Crippen LogP contribution is 2.32. The van der Waals surface area contributed by atoms with Crippen molar-refractivity contribution in [3.63, 3.8) is 0 Å². The largest absolute Gasteiger partial charge is 0.497 e. The third-order valence-corrected chi connectivity index (χ3v) is 5.75. The number of carbonyl (C=O) groups is 1. The van der Waals surface area contributed by atoms with Crippen LogP contribution in [0.25, 0.3) is 10.2 Å². The molecule has 0 N–H and O–H groups in total. The standard InChI is InChI=1S/C21H21FN2O4S/c1-26-15-6-7-19-17(12-15)23-21(29-19)28-14-8-10-24(11-9-14)20(25)13-27-18-5-3-2-4-16(18)22/h2-7,12,14H,8-11,13H2,1H3. The van der Waals surface area contributed by atoms with Gasteiger partial charge in [-0.25, -0.2) is 9.37 Å². The van der Waals surface area contributed by atoms with E-state index in [1.165, 1.54) is 23.5 Å². The maximum Gasteiger partial charge on any atom is 0.274 e. The second-order valence-electron chi connectivity index (χ2n) is 6.73. The fraction of sp³-hybridized carbons (Fsp3) is 0.333. The van der Waals surface area contributed by atoms with Gasteiger partial charge < -0.3 is 19.1 Å². The number of rotatable bonds is 6. The number of para-hydroxylation sites is 1. The lowest BCUT2D eigenvalue weighted by Gasteiger charge is -2.31. The Bertz CT molecular complexity index is 1000. The lowest BCUT2D eigenvalue weighted by atomic mass is 10.1. The molecule has 3 aromatic rings. The van der Waals surface area contributed by atoms with Crippen molar-refractivity contribution in [2.45, 2.75) is 18.9 Å². The van der Waals surface area contributed by atoms with Gasteiger partial charge in [0.25, 0.3) is 11.1 Å². The summed E-state index contributed by atoms with van der Waals surface area (Å²) in [5.41, 5.74) is 0.849. The zero-order chi connectivity index (χ0) is 20.2. The molecule has 2 aromatic carbocycles. The summed E-state index contributed by atoms with van der Waals surface area (Å²) in [5, 5.41) is 0.626. The molecule has 1 aliphatic heterocycles. The summed E-state index contributed by atoms with van der Waals surface area (Å²) >= 11 is 1.50. The van der Waals surface area contributed by atoms with Gasteiger partial charge in [0, 0.05) is 32.0 Å². The Kier molecular flexibility index (Phi) is 5.80. The topological polar surface area (TPSA) is 60.9 Å². The van der Waals surface area contributed by atoms with Crippen molar-refractivity contribution in [3.05, 3.63) is 48.3 Å². The number of carbonyl (C=O) groups excluding carboxylic acids is 1. The third kappa shape index (κ3) is 4.59. The number of aromatic nitrogens is 1. The van der Waals surface area contributed by atoms with E-state index < -0.39 is 5.82 Å². The molecule has 1 aromatic heterocycles. The molecular weight excluding hydrogens is 395 g/mol. The average Bonchev–Trinajstić information content (AvgIpc) is 3.14. The molecule has 152 valence electrons.